The monoisotopic (exact) mass is 201 g/mol. The molecule has 14 heavy (non-hydrogen) atoms. The fraction of sp³-hybridized carbons (Fsp3) is 0.250. The Kier molecular flexibility index (Phi) is 2.15. The van der Waals surface area contributed by atoms with Crippen molar-refractivity contribution in [2.45, 2.75) is 19.6 Å². The van der Waals surface area contributed by atoms with Gasteiger partial charge in [-0.1, -0.05) is 43.9 Å². The Hall–Kier alpha value is -1.15. The molecule has 2 aromatic rings. The van der Waals surface area contributed by atoms with Gasteiger partial charge < -0.3 is 0 Å². The van der Waals surface area contributed by atoms with Crippen molar-refractivity contribution in [3.8, 4) is 0 Å². The molecule has 2 heteroatoms. The number of rotatable bonds is 1. The van der Waals surface area contributed by atoms with E-state index in [-0.39, 0.29) is 0 Å². The molecule has 0 unspecified atom stereocenters. The number of benzene rings is 1. The molecule has 0 aliphatic rings. The lowest BCUT2D eigenvalue weighted by molar-refractivity contribution is 1.42. The van der Waals surface area contributed by atoms with Crippen LogP contribution in [0.1, 0.15) is 0 Å². The summed E-state index contributed by atoms with van der Waals surface area (Å²) in [4.78, 5) is 4.48. The molecule has 1 aromatic carbocycles. The average molecular weight is 201 g/mol. The molecule has 0 aliphatic carbocycles. The van der Waals surface area contributed by atoms with E-state index in [1.807, 2.05) is 12.3 Å². The van der Waals surface area contributed by atoms with Crippen LogP contribution in [0.15, 0.2) is 36.5 Å². The largest absolute Gasteiger partial charge is 0.256 e. The standard InChI is InChI=1S/C12H15NSi/c1-14(2,3)11-8-10-6-4-5-7-12(10)13-9-11/h4-9H,1-3H3. The highest BCUT2D eigenvalue weighted by Crippen LogP contribution is 2.10. The van der Waals surface area contributed by atoms with Gasteiger partial charge in [-0.25, -0.2) is 0 Å². The third kappa shape index (κ3) is 1.70. The van der Waals surface area contributed by atoms with E-state index in [1.54, 1.807) is 0 Å². The fourth-order valence-corrected chi connectivity index (χ4v) is 2.52. The molecule has 0 aliphatic heterocycles. The highest BCUT2D eigenvalue weighted by molar-refractivity contribution is 6.88. The minimum Gasteiger partial charge on any atom is -0.256 e. The molecule has 72 valence electrons. The molecule has 0 radical (unpaired) electrons. The van der Waals surface area contributed by atoms with Crippen molar-refractivity contribution < 1.29 is 0 Å². The first-order valence-electron chi connectivity index (χ1n) is 4.93. The zero-order chi connectivity index (χ0) is 10.2. The topological polar surface area (TPSA) is 12.9 Å². The quantitative estimate of drug-likeness (QED) is 0.647. The second-order valence-corrected chi connectivity index (χ2v) is 9.74. The molecule has 2 rings (SSSR count). The number of nitrogens with zero attached hydrogens (tertiary/aromatic N) is 1. The van der Waals surface area contributed by atoms with Crippen molar-refractivity contribution >= 4 is 24.2 Å². The van der Waals surface area contributed by atoms with Gasteiger partial charge >= 0.3 is 0 Å². The summed E-state index contributed by atoms with van der Waals surface area (Å²) in [6, 6.07) is 10.6. The van der Waals surface area contributed by atoms with Crippen LogP contribution in [0.2, 0.25) is 19.6 Å². The summed E-state index contributed by atoms with van der Waals surface area (Å²) in [5, 5.41) is 2.68. The Morgan fingerprint density at radius 2 is 1.79 bits per heavy atom. The number of para-hydroxylation sites is 1. The highest BCUT2D eigenvalue weighted by atomic mass is 28.3. The van der Waals surface area contributed by atoms with Crippen molar-refractivity contribution in [2.24, 2.45) is 0 Å². The minimum atomic E-state index is -1.21. The first-order valence-corrected chi connectivity index (χ1v) is 8.43. The van der Waals surface area contributed by atoms with Crippen LogP contribution in [0.4, 0.5) is 0 Å². The predicted octanol–water partition coefficient (Wildman–Crippen LogP) is 2.78. The normalized spacial score (nSPS) is 11.9. The van der Waals surface area contributed by atoms with Crippen LogP contribution in [0.25, 0.3) is 10.9 Å². The van der Waals surface area contributed by atoms with Crippen LogP contribution in [0.5, 0.6) is 0 Å². The van der Waals surface area contributed by atoms with Crippen molar-refractivity contribution in [1.82, 2.24) is 4.98 Å². The van der Waals surface area contributed by atoms with Gasteiger partial charge in [-0.3, -0.25) is 4.98 Å². The Labute approximate surface area is 85.8 Å². The molecule has 1 aromatic heterocycles. The predicted molar refractivity (Wildman–Crippen MR) is 64.7 cm³/mol. The van der Waals surface area contributed by atoms with Gasteiger partial charge in [-0.05, 0) is 11.3 Å². The van der Waals surface area contributed by atoms with Gasteiger partial charge in [0.25, 0.3) is 0 Å². The van der Waals surface area contributed by atoms with Crippen molar-refractivity contribution in [2.75, 3.05) is 0 Å². The molecule has 1 heterocycles. The molecular formula is C12H15NSi. The fourth-order valence-electron chi connectivity index (χ4n) is 1.48. The summed E-state index contributed by atoms with van der Waals surface area (Å²) >= 11 is 0. The maximum atomic E-state index is 4.48. The zero-order valence-corrected chi connectivity index (χ0v) is 9.91. The second-order valence-electron chi connectivity index (χ2n) is 4.67. The molecule has 0 amide bonds. The lowest BCUT2D eigenvalue weighted by Crippen LogP contribution is -2.37. The van der Waals surface area contributed by atoms with Gasteiger partial charge in [0, 0.05) is 11.6 Å². The highest BCUT2D eigenvalue weighted by Gasteiger charge is 2.16. The van der Waals surface area contributed by atoms with E-state index in [0.717, 1.165) is 5.52 Å². The van der Waals surface area contributed by atoms with Gasteiger partial charge in [0.15, 0.2) is 0 Å². The molecule has 0 spiro atoms. The van der Waals surface area contributed by atoms with Crippen LogP contribution < -0.4 is 5.19 Å². The van der Waals surface area contributed by atoms with Crippen molar-refractivity contribution in [3.05, 3.63) is 36.5 Å². The van der Waals surface area contributed by atoms with E-state index < -0.39 is 8.07 Å². The summed E-state index contributed by atoms with van der Waals surface area (Å²) in [5.41, 5.74) is 1.09. The van der Waals surface area contributed by atoms with Crippen LogP contribution >= 0.6 is 0 Å². The molecule has 0 bridgehead atoms. The molecule has 0 saturated heterocycles. The number of pyridine rings is 1. The van der Waals surface area contributed by atoms with E-state index in [0.29, 0.717) is 0 Å². The zero-order valence-electron chi connectivity index (χ0n) is 8.91. The maximum absolute atomic E-state index is 4.48. The molecular weight excluding hydrogens is 186 g/mol. The number of aromatic nitrogens is 1. The minimum absolute atomic E-state index is 1.09. The molecule has 0 N–H and O–H groups in total. The first kappa shape index (κ1) is 9.40. The number of fused-ring (bicyclic) bond motifs is 1. The van der Waals surface area contributed by atoms with Crippen LogP contribution in [-0.4, -0.2) is 13.1 Å². The molecule has 0 saturated carbocycles. The lowest BCUT2D eigenvalue weighted by atomic mass is 10.2. The van der Waals surface area contributed by atoms with E-state index >= 15 is 0 Å². The second kappa shape index (κ2) is 3.21. The van der Waals surface area contributed by atoms with Crippen molar-refractivity contribution in [3.63, 3.8) is 0 Å². The molecule has 1 nitrogen and oxygen atoms in total. The Balaban J connectivity index is 2.63. The van der Waals surface area contributed by atoms with Crippen LogP contribution in [0, 0.1) is 0 Å². The molecule has 0 atom stereocenters. The summed E-state index contributed by atoms with van der Waals surface area (Å²) < 4.78 is 0. The van der Waals surface area contributed by atoms with Crippen molar-refractivity contribution in [1.29, 1.82) is 0 Å². The van der Waals surface area contributed by atoms with Gasteiger partial charge in [0.05, 0.1) is 13.6 Å². The summed E-state index contributed by atoms with van der Waals surface area (Å²) in [6.45, 7) is 7.04. The SMILES string of the molecule is C[Si](C)(C)c1cnc2ccccc2c1. The third-order valence-corrected chi connectivity index (χ3v) is 4.46. The summed E-state index contributed by atoms with van der Waals surface area (Å²) in [6.07, 6.45) is 2.04. The van der Waals surface area contributed by atoms with E-state index in [1.165, 1.54) is 10.6 Å². The van der Waals surface area contributed by atoms with E-state index in [2.05, 4.69) is 48.9 Å². The molecule has 0 fully saturated rings. The number of hydrogen-bond donors (Lipinski definition) is 0. The van der Waals surface area contributed by atoms with Gasteiger partial charge in [0.1, 0.15) is 0 Å². The van der Waals surface area contributed by atoms with Gasteiger partial charge in [-0.15, -0.1) is 0 Å². The van der Waals surface area contributed by atoms with Crippen LogP contribution in [0.3, 0.4) is 0 Å². The summed E-state index contributed by atoms with van der Waals surface area (Å²) in [7, 11) is -1.21. The summed E-state index contributed by atoms with van der Waals surface area (Å²) in [5.74, 6) is 0. The maximum Gasteiger partial charge on any atom is 0.0796 e. The van der Waals surface area contributed by atoms with Gasteiger partial charge in [-0.2, -0.15) is 0 Å². The lowest BCUT2D eigenvalue weighted by Gasteiger charge is -2.16. The Bertz CT molecular complexity index is 457. The Morgan fingerprint density at radius 3 is 2.50 bits per heavy atom. The van der Waals surface area contributed by atoms with E-state index in [9.17, 15) is 0 Å². The van der Waals surface area contributed by atoms with E-state index in [4.69, 9.17) is 0 Å². The average Bonchev–Trinajstić information content (AvgIpc) is 2.16. The number of hydrogen-bond acceptors (Lipinski definition) is 1. The first-order chi connectivity index (χ1) is 6.57. The van der Waals surface area contributed by atoms with Crippen LogP contribution in [-0.2, 0) is 0 Å². The van der Waals surface area contributed by atoms with Gasteiger partial charge in [0.2, 0.25) is 0 Å². The smallest absolute Gasteiger partial charge is 0.0796 e. The Morgan fingerprint density at radius 1 is 1.07 bits per heavy atom. The third-order valence-electron chi connectivity index (χ3n) is 2.46.